The number of aromatic nitrogens is 2. The molecule has 0 radical (unpaired) electrons. The van der Waals surface area contributed by atoms with Crippen molar-refractivity contribution in [3.63, 3.8) is 0 Å². The lowest BCUT2D eigenvalue weighted by atomic mass is 9.88. The Morgan fingerprint density at radius 3 is 2.69 bits per heavy atom. The third-order valence-electron chi connectivity index (χ3n) is 4.61. The van der Waals surface area contributed by atoms with Crippen molar-refractivity contribution in [3.05, 3.63) is 29.3 Å². The van der Waals surface area contributed by atoms with Gasteiger partial charge in [-0.25, -0.2) is 13.4 Å². The highest BCUT2D eigenvalue weighted by Gasteiger charge is 2.39. The summed E-state index contributed by atoms with van der Waals surface area (Å²) in [6.45, 7) is 3.32. The molecule has 4 rings (SSSR count). The number of carbonyl (C=O) groups excluding carboxylic acids is 1. The van der Waals surface area contributed by atoms with E-state index >= 15 is 4.39 Å². The number of fused-ring (bicyclic) bond motifs is 3. The number of anilines is 1. The van der Waals surface area contributed by atoms with Gasteiger partial charge in [0.2, 0.25) is 0 Å². The van der Waals surface area contributed by atoms with Gasteiger partial charge in [-0.3, -0.25) is 9.48 Å². The van der Waals surface area contributed by atoms with Gasteiger partial charge in [-0.05, 0) is 38.3 Å². The number of nitrogens with zero attached hydrogens (tertiary/aromatic N) is 3. The largest absolute Gasteiger partial charge is 0.506 e. The van der Waals surface area contributed by atoms with Crippen molar-refractivity contribution in [1.82, 2.24) is 14.5 Å². The quantitative estimate of drug-likeness (QED) is 0.816. The first-order valence-corrected chi connectivity index (χ1v) is 9.59. The van der Waals surface area contributed by atoms with Gasteiger partial charge in [0.1, 0.15) is 18.0 Å². The van der Waals surface area contributed by atoms with Crippen molar-refractivity contribution in [2.24, 2.45) is 0 Å². The minimum atomic E-state index is -4.23. The number of carbonyl (C=O) groups is 1. The summed E-state index contributed by atoms with van der Waals surface area (Å²) in [4.78, 5) is 11.5. The lowest BCUT2D eigenvalue weighted by Crippen LogP contribution is -2.30. The highest BCUT2D eigenvalue weighted by Crippen LogP contribution is 2.44. The maximum atomic E-state index is 15.4. The van der Waals surface area contributed by atoms with Crippen LogP contribution >= 0.6 is 0 Å². The second-order valence-electron chi connectivity index (χ2n) is 6.69. The number of hydrogen-bond acceptors (Lipinski definition) is 5. The number of hydrogen-bond donors (Lipinski definition) is 2. The van der Waals surface area contributed by atoms with Gasteiger partial charge < -0.3 is 5.11 Å². The van der Waals surface area contributed by atoms with Crippen molar-refractivity contribution >= 4 is 21.8 Å². The van der Waals surface area contributed by atoms with Crippen molar-refractivity contribution in [2.45, 2.75) is 32.7 Å². The summed E-state index contributed by atoms with van der Waals surface area (Å²) < 4.78 is 43.6. The zero-order valence-corrected chi connectivity index (χ0v) is 15.0. The Labute approximate surface area is 149 Å². The summed E-state index contributed by atoms with van der Waals surface area (Å²) in [6.07, 6.45) is 2.80. The number of phenols is 1. The Morgan fingerprint density at radius 1 is 1.35 bits per heavy atom. The fourth-order valence-electron chi connectivity index (χ4n) is 3.39. The first-order valence-electron chi connectivity index (χ1n) is 8.15. The predicted molar refractivity (Wildman–Crippen MR) is 91.5 cm³/mol. The molecule has 26 heavy (non-hydrogen) atoms. The normalized spacial score (nSPS) is 18.0. The molecule has 0 unspecified atom stereocenters. The molecule has 1 aliphatic carbocycles. The van der Waals surface area contributed by atoms with Crippen LogP contribution in [0.3, 0.4) is 0 Å². The molecule has 1 saturated heterocycles. The highest BCUT2D eigenvalue weighted by molar-refractivity contribution is 7.92. The van der Waals surface area contributed by atoms with Crippen LogP contribution in [-0.2, 0) is 27.8 Å². The van der Waals surface area contributed by atoms with Crippen LogP contribution in [0.4, 0.5) is 10.1 Å². The molecule has 2 aliphatic rings. The van der Waals surface area contributed by atoms with Crippen molar-refractivity contribution in [3.8, 4) is 16.9 Å². The molecular weight excluding hydrogens is 363 g/mol. The van der Waals surface area contributed by atoms with Gasteiger partial charge in [-0.15, -0.1) is 0 Å². The molecule has 0 saturated carbocycles. The number of rotatable bonds is 2. The molecule has 0 spiro atoms. The van der Waals surface area contributed by atoms with Crippen LogP contribution in [0.2, 0.25) is 0 Å². The zero-order valence-electron chi connectivity index (χ0n) is 14.2. The number of aryl methyl sites for hydroxylation is 2. The van der Waals surface area contributed by atoms with Crippen LogP contribution in [0.25, 0.3) is 11.1 Å². The summed E-state index contributed by atoms with van der Waals surface area (Å²) in [6, 6.07) is 1.45. The third kappa shape index (κ3) is 2.36. The predicted octanol–water partition coefficient (Wildman–Crippen LogP) is 1.26. The summed E-state index contributed by atoms with van der Waals surface area (Å²) in [5, 5.41) is 14.7. The van der Waals surface area contributed by atoms with E-state index in [1.807, 2.05) is 13.8 Å². The Morgan fingerprint density at radius 2 is 2.08 bits per heavy atom. The van der Waals surface area contributed by atoms with Gasteiger partial charge in [0.15, 0.2) is 5.82 Å². The molecule has 0 bridgehead atoms. The van der Waals surface area contributed by atoms with Gasteiger partial charge in [0, 0.05) is 23.4 Å². The maximum absolute atomic E-state index is 15.4. The molecule has 1 aromatic carbocycles. The topological polar surface area (TPSA) is 105 Å². The average Bonchev–Trinajstić information content (AvgIpc) is 3.07. The van der Waals surface area contributed by atoms with E-state index in [1.165, 1.54) is 6.07 Å². The van der Waals surface area contributed by atoms with Gasteiger partial charge in [0.25, 0.3) is 5.91 Å². The third-order valence-corrected chi connectivity index (χ3v) is 5.99. The van der Waals surface area contributed by atoms with E-state index in [1.54, 1.807) is 15.6 Å². The van der Waals surface area contributed by atoms with Gasteiger partial charge in [-0.1, -0.05) is 0 Å². The summed E-state index contributed by atoms with van der Waals surface area (Å²) in [5.41, 5.74) is 1.58. The van der Waals surface area contributed by atoms with E-state index in [-0.39, 0.29) is 11.6 Å². The van der Waals surface area contributed by atoms with Crippen molar-refractivity contribution in [2.75, 3.05) is 10.8 Å². The number of phenolic OH excluding ortho intramolecular Hbond substituents is 1. The average molecular weight is 380 g/mol. The fourth-order valence-corrected chi connectivity index (χ4v) is 4.55. The Kier molecular flexibility index (Phi) is 3.52. The first-order chi connectivity index (χ1) is 12.2. The molecule has 2 aromatic rings. The Hall–Kier alpha value is -2.62. The summed E-state index contributed by atoms with van der Waals surface area (Å²) in [5.74, 6) is -2.17. The van der Waals surface area contributed by atoms with Crippen LogP contribution in [0.1, 0.15) is 31.1 Å². The molecule has 1 amide bonds. The van der Waals surface area contributed by atoms with E-state index < -0.39 is 39.9 Å². The highest BCUT2D eigenvalue weighted by atomic mass is 32.2. The second-order valence-corrected chi connectivity index (χ2v) is 8.29. The van der Waals surface area contributed by atoms with E-state index in [0.717, 1.165) is 5.69 Å². The summed E-state index contributed by atoms with van der Waals surface area (Å²) in [7, 11) is -4.23. The molecule has 138 valence electrons. The zero-order chi connectivity index (χ0) is 18.8. The van der Waals surface area contributed by atoms with Crippen LogP contribution in [-0.4, -0.2) is 35.8 Å². The maximum Gasteiger partial charge on any atom is 0.326 e. The molecule has 1 aliphatic heterocycles. The van der Waals surface area contributed by atoms with E-state index in [9.17, 15) is 18.3 Å². The molecule has 2 N–H and O–H groups in total. The number of halogens is 1. The van der Waals surface area contributed by atoms with Crippen molar-refractivity contribution in [1.29, 1.82) is 0 Å². The smallest absolute Gasteiger partial charge is 0.326 e. The van der Waals surface area contributed by atoms with E-state index in [2.05, 4.69) is 5.10 Å². The van der Waals surface area contributed by atoms with Gasteiger partial charge >= 0.3 is 10.2 Å². The summed E-state index contributed by atoms with van der Waals surface area (Å²) >= 11 is 0. The minimum Gasteiger partial charge on any atom is -0.506 e. The van der Waals surface area contributed by atoms with Gasteiger partial charge in [-0.2, -0.15) is 13.5 Å². The number of benzene rings is 1. The SMILES string of the molecule is CC(C)n1cc2c(n1)CCc1cc(O)c(N3CC(=O)NS3(=O)=O)c(F)c1-2. The van der Waals surface area contributed by atoms with Crippen molar-refractivity contribution < 1.29 is 22.7 Å². The fraction of sp³-hybridized carbons (Fsp3) is 0.375. The number of amides is 1. The molecule has 10 heteroatoms. The second kappa shape index (κ2) is 5.44. The van der Waals surface area contributed by atoms with Crippen LogP contribution in [0.15, 0.2) is 12.3 Å². The Balaban J connectivity index is 1.94. The molecular formula is C16H17FN4O4S. The van der Waals surface area contributed by atoms with E-state index in [4.69, 9.17) is 0 Å². The van der Waals surface area contributed by atoms with Gasteiger partial charge in [0.05, 0.1) is 5.69 Å². The molecule has 0 atom stereocenters. The molecule has 2 heterocycles. The standard InChI is InChI=1S/C16H17FN4O4S/c1-8(2)20-6-10-11(18-20)4-3-9-5-12(22)16(15(17)14(9)10)21-7-13(23)19-26(21,24)25/h5-6,8,22H,3-4,7H2,1-2H3,(H,19,23). The Bertz CT molecular complexity index is 1050. The lowest BCUT2D eigenvalue weighted by molar-refractivity contribution is -0.117. The number of nitrogens with one attached hydrogen (secondary N) is 1. The van der Waals surface area contributed by atoms with Crippen LogP contribution in [0, 0.1) is 5.82 Å². The first kappa shape index (κ1) is 16.8. The van der Waals surface area contributed by atoms with Crippen LogP contribution in [0.5, 0.6) is 5.75 Å². The van der Waals surface area contributed by atoms with E-state index in [0.29, 0.717) is 28.3 Å². The molecule has 1 fully saturated rings. The molecule has 1 aromatic heterocycles. The lowest BCUT2D eigenvalue weighted by Gasteiger charge is -2.22. The monoisotopic (exact) mass is 380 g/mol. The molecule has 8 nitrogen and oxygen atoms in total. The van der Waals surface area contributed by atoms with Crippen LogP contribution < -0.4 is 9.03 Å². The number of aromatic hydroxyl groups is 1. The minimum absolute atomic E-state index is 0.0875.